The van der Waals surface area contributed by atoms with E-state index in [4.69, 9.17) is 16.3 Å². The van der Waals surface area contributed by atoms with Crippen LogP contribution in [0.1, 0.15) is 49.4 Å². The van der Waals surface area contributed by atoms with Gasteiger partial charge >= 0.3 is 5.97 Å². The van der Waals surface area contributed by atoms with Crippen LogP contribution >= 0.6 is 11.6 Å². The smallest absolute Gasteiger partial charge is 0.335 e. The number of nitrogens with zero attached hydrogens (tertiary/aromatic N) is 1. The van der Waals surface area contributed by atoms with Crippen molar-refractivity contribution in [2.24, 2.45) is 17.8 Å². The van der Waals surface area contributed by atoms with Crippen molar-refractivity contribution in [3.8, 4) is 5.75 Å². The molecule has 0 spiro atoms. The third kappa shape index (κ3) is 5.15. The van der Waals surface area contributed by atoms with Gasteiger partial charge in [0.05, 0.1) is 29.3 Å². The van der Waals surface area contributed by atoms with Crippen LogP contribution in [0.25, 0.3) is 0 Å². The van der Waals surface area contributed by atoms with Crippen LogP contribution in [0.3, 0.4) is 0 Å². The van der Waals surface area contributed by atoms with Gasteiger partial charge in [0.15, 0.2) is 0 Å². The minimum absolute atomic E-state index is 0.0320. The number of alkyl halides is 1. The number of hydrogen-bond donors (Lipinski definition) is 2. The molecule has 1 aliphatic heterocycles. The first-order valence-corrected chi connectivity index (χ1v) is 12.4. The summed E-state index contributed by atoms with van der Waals surface area (Å²) in [6.45, 7) is 7.98. The Morgan fingerprint density at radius 1 is 1.39 bits per heavy atom. The molecule has 6 heteroatoms. The van der Waals surface area contributed by atoms with Gasteiger partial charge in [0.2, 0.25) is 0 Å². The molecule has 1 heterocycles. The van der Waals surface area contributed by atoms with Crippen molar-refractivity contribution in [1.29, 1.82) is 0 Å². The highest BCUT2D eigenvalue weighted by Crippen LogP contribution is 2.42. The molecule has 1 aromatic rings. The van der Waals surface area contributed by atoms with Crippen molar-refractivity contribution in [1.82, 2.24) is 0 Å². The van der Waals surface area contributed by atoms with Gasteiger partial charge in [-0.05, 0) is 61.3 Å². The largest absolute Gasteiger partial charge is 0.491 e. The van der Waals surface area contributed by atoms with Gasteiger partial charge in [0.25, 0.3) is 0 Å². The molecule has 2 aliphatic carbocycles. The molecule has 178 valence electrons. The lowest BCUT2D eigenvalue weighted by Gasteiger charge is -2.42. The maximum Gasteiger partial charge on any atom is 0.335 e. The van der Waals surface area contributed by atoms with Crippen molar-refractivity contribution in [3.05, 3.63) is 59.7 Å². The van der Waals surface area contributed by atoms with Gasteiger partial charge in [-0.2, -0.15) is 0 Å². The third-order valence-corrected chi connectivity index (χ3v) is 7.66. The van der Waals surface area contributed by atoms with Crippen molar-refractivity contribution >= 4 is 23.3 Å². The van der Waals surface area contributed by atoms with Crippen LogP contribution in [0.15, 0.2) is 54.2 Å². The monoisotopic (exact) mass is 471 g/mol. The van der Waals surface area contributed by atoms with Gasteiger partial charge < -0.3 is 19.8 Å². The fourth-order valence-corrected chi connectivity index (χ4v) is 5.70. The number of ether oxygens (including phenoxy) is 1. The highest BCUT2D eigenvalue weighted by atomic mass is 35.5. The number of anilines is 1. The number of benzene rings is 1. The summed E-state index contributed by atoms with van der Waals surface area (Å²) in [7, 11) is 0. The maximum atomic E-state index is 11.7. The number of hydrogen-bond acceptors (Lipinski definition) is 4. The number of aromatic carboxylic acids is 1. The summed E-state index contributed by atoms with van der Waals surface area (Å²) in [5.74, 6) is 0.457. The van der Waals surface area contributed by atoms with Gasteiger partial charge in [0, 0.05) is 19.0 Å². The van der Waals surface area contributed by atoms with Crippen molar-refractivity contribution in [2.75, 3.05) is 24.6 Å². The van der Waals surface area contributed by atoms with Crippen LogP contribution in [0.2, 0.25) is 0 Å². The van der Waals surface area contributed by atoms with Crippen molar-refractivity contribution in [2.45, 2.75) is 50.5 Å². The van der Waals surface area contributed by atoms with E-state index in [9.17, 15) is 15.0 Å². The van der Waals surface area contributed by atoms with E-state index < -0.39 is 12.1 Å². The Morgan fingerprint density at radius 2 is 2.21 bits per heavy atom. The molecule has 1 saturated carbocycles. The standard InChI is InChI=1S/C27H34ClNO4/c1-3-5-17-12-21(28)8-10-22(17)20-15-29(14-19-6-9-23(19)25(30)4-2)24-13-18(27(31)32)7-11-26(24)33-16-20/h4,7-8,10-11,13,19-21,23,25,30H,2-3,5-6,9,12,14-16H2,1H3,(H,31,32). The Balaban J connectivity index is 1.66. The minimum atomic E-state index is -0.946. The van der Waals surface area contributed by atoms with Gasteiger partial charge in [-0.15, -0.1) is 18.2 Å². The van der Waals surface area contributed by atoms with E-state index in [0.29, 0.717) is 12.5 Å². The SMILES string of the molecule is C=CC(O)C1CCC1CN1CC(C2=C(CCC)CC(Cl)C=C2)COc2ccc(C(=O)O)cc21. The maximum absolute atomic E-state index is 11.7. The van der Waals surface area contributed by atoms with Gasteiger partial charge in [0.1, 0.15) is 5.75 Å². The molecule has 3 aliphatic rings. The van der Waals surface area contributed by atoms with Crippen LogP contribution in [0.5, 0.6) is 5.75 Å². The summed E-state index contributed by atoms with van der Waals surface area (Å²) in [5.41, 5.74) is 3.78. The van der Waals surface area contributed by atoms with E-state index in [-0.39, 0.29) is 22.8 Å². The second kappa shape index (κ2) is 10.4. The minimum Gasteiger partial charge on any atom is -0.491 e. The van der Waals surface area contributed by atoms with Crippen LogP contribution in [0.4, 0.5) is 5.69 Å². The Labute approximate surface area is 201 Å². The predicted octanol–water partition coefficient (Wildman–Crippen LogP) is 5.44. The zero-order valence-electron chi connectivity index (χ0n) is 19.3. The molecule has 0 saturated heterocycles. The number of aliphatic hydroxyl groups excluding tert-OH is 1. The van der Waals surface area contributed by atoms with Crippen molar-refractivity contribution < 1.29 is 19.7 Å². The molecular weight excluding hydrogens is 438 g/mol. The Kier molecular flexibility index (Phi) is 7.50. The summed E-state index contributed by atoms with van der Waals surface area (Å²) in [4.78, 5) is 14.0. The topological polar surface area (TPSA) is 70.0 Å². The molecular formula is C27H34ClNO4. The molecule has 1 fully saturated rings. The molecule has 2 N–H and O–H groups in total. The third-order valence-electron chi connectivity index (χ3n) is 7.36. The Bertz CT molecular complexity index is 955. The zero-order valence-corrected chi connectivity index (χ0v) is 20.0. The first-order valence-electron chi connectivity index (χ1n) is 12.0. The molecule has 33 heavy (non-hydrogen) atoms. The summed E-state index contributed by atoms with van der Waals surface area (Å²) in [5, 5.41) is 20.0. The summed E-state index contributed by atoms with van der Waals surface area (Å²) in [6, 6.07) is 5.11. The molecule has 1 aromatic carbocycles. The second-order valence-electron chi connectivity index (χ2n) is 9.52. The molecule has 5 atom stereocenters. The number of allylic oxidation sites excluding steroid dienone is 3. The first-order chi connectivity index (χ1) is 15.9. The molecule has 0 radical (unpaired) electrons. The summed E-state index contributed by atoms with van der Waals surface area (Å²) < 4.78 is 6.26. The molecule has 4 rings (SSSR count). The van der Waals surface area contributed by atoms with E-state index >= 15 is 0 Å². The van der Waals surface area contributed by atoms with Gasteiger partial charge in [-0.1, -0.05) is 37.1 Å². The summed E-state index contributed by atoms with van der Waals surface area (Å²) >= 11 is 6.44. The lowest BCUT2D eigenvalue weighted by molar-refractivity contribution is 0.0464. The fourth-order valence-electron chi connectivity index (χ4n) is 5.44. The fraction of sp³-hybridized carbons (Fsp3) is 0.519. The molecule has 0 amide bonds. The van der Waals surface area contributed by atoms with E-state index in [1.165, 1.54) is 11.1 Å². The highest BCUT2D eigenvalue weighted by Gasteiger charge is 2.38. The van der Waals surface area contributed by atoms with Crippen LogP contribution in [0, 0.1) is 17.8 Å². The van der Waals surface area contributed by atoms with Crippen LogP contribution in [-0.4, -0.2) is 47.4 Å². The number of rotatable bonds is 8. The average Bonchev–Trinajstić information content (AvgIpc) is 2.96. The Hall–Kier alpha value is -2.24. The quantitative estimate of drug-likeness (QED) is 0.390. The van der Waals surface area contributed by atoms with E-state index in [1.54, 1.807) is 24.3 Å². The highest BCUT2D eigenvalue weighted by molar-refractivity contribution is 6.22. The Morgan fingerprint density at radius 3 is 2.88 bits per heavy atom. The number of aliphatic hydroxyl groups is 1. The first kappa shape index (κ1) is 23.9. The number of carboxylic acids is 1. The summed E-state index contributed by atoms with van der Waals surface area (Å²) in [6.07, 6.45) is 10.3. The number of halogens is 1. The van der Waals surface area contributed by atoms with E-state index in [2.05, 4.69) is 30.6 Å². The number of fused-ring (bicyclic) bond motifs is 1. The van der Waals surface area contributed by atoms with Gasteiger partial charge in [-0.3, -0.25) is 0 Å². The number of carboxylic acid groups (broad SMARTS) is 1. The lowest BCUT2D eigenvalue weighted by atomic mass is 9.70. The normalized spacial score (nSPS) is 27.8. The van der Waals surface area contributed by atoms with Crippen molar-refractivity contribution in [3.63, 3.8) is 0 Å². The average molecular weight is 472 g/mol. The van der Waals surface area contributed by atoms with Gasteiger partial charge in [-0.25, -0.2) is 4.79 Å². The predicted molar refractivity (Wildman–Crippen MR) is 132 cm³/mol. The second-order valence-corrected chi connectivity index (χ2v) is 10.1. The molecule has 0 bridgehead atoms. The van der Waals surface area contributed by atoms with Crippen LogP contribution < -0.4 is 9.64 Å². The van der Waals surface area contributed by atoms with Crippen LogP contribution in [-0.2, 0) is 0 Å². The molecule has 0 aromatic heterocycles. The molecule has 5 nitrogen and oxygen atoms in total. The van der Waals surface area contributed by atoms with E-state index in [1.807, 2.05) is 0 Å². The number of carbonyl (C=O) groups is 1. The molecule has 5 unspecified atom stereocenters. The lowest BCUT2D eigenvalue weighted by Crippen LogP contribution is -2.44. The zero-order chi connectivity index (χ0) is 23.5. The van der Waals surface area contributed by atoms with E-state index in [0.717, 1.165) is 56.6 Å².